The van der Waals surface area contributed by atoms with Crippen molar-refractivity contribution >= 4 is 5.82 Å². The Hall–Kier alpha value is -2.41. The summed E-state index contributed by atoms with van der Waals surface area (Å²) in [5, 5.41) is 32.0. The number of aliphatic hydroxyl groups is 1. The molecular weight excluding hydrogens is 358 g/mol. The van der Waals surface area contributed by atoms with Crippen molar-refractivity contribution in [3.63, 3.8) is 0 Å². The summed E-state index contributed by atoms with van der Waals surface area (Å²) in [5.74, 6) is 1.49. The van der Waals surface area contributed by atoms with Crippen molar-refractivity contribution in [3.8, 4) is 5.75 Å². The number of hydrogen-bond donors (Lipinski definition) is 2. The normalized spacial score (nSPS) is 36.4. The second-order valence-corrected chi connectivity index (χ2v) is 9.03. The monoisotopic (exact) mass is 383 g/mol. The first-order valence-electron chi connectivity index (χ1n) is 10.1. The Morgan fingerprint density at radius 1 is 1.36 bits per heavy atom. The maximum Gasteiger partial charge on any atom is 0.381 e. The maximum atomic E-state index is 11.2. The zero-order valence-electron chi connectivity index (χ0n) is 15.9. The van der Waals surface area contributed by atoms with Gasteiger partial charge in [-0.3, -0.25) is 0 Å². The summed E-state index contributed by atoms with van der Waals surface area (Å²) in [6.45, 7) is 2.19. The summed E-state index contributed by atoms with van der Waals surface area (Å²) in [6.07, 6.45) is 7.21. The molecule has 1 aromatic heterocycles. The number of aromatic nitrogens is 2. The molecule has 0 radical (unpaired) electrons. The van der Waals surface area contributed by atoms with E-state index in [2.05, 4.69) is 18.0 Å². The van der Waals surface area contributed by atoms with Gasteiger partial charge in [0.25, 0.3) is 0 Å². The fourth-order valence-electron chi connectivity index (χ4n) is 6.44. The van der Waals surface area contributed by atoms with Crippen molar-refractivity contribution in [1.82, 2.24) is 9.55 Å². The number of aliphatic hydroxyl groups excluding tert-OH is 1. The molecule has 0 bridgehead atoms. The highest BCUT2D eigenvalue weighted by Gasteiger charge is 2.58. The summed E-state index contributed by atoms with van der Waals surface area (Å²) in [7, 11) is 0. The third kappa shape index (κ3) is 2.42. The lowest BCUT2D eigenvalue weighted by molar-refractivity contribution is -0.389. The van der Waals surface area contributed by atoms with Gasteiger partial charge in [-0.1, -0.05) is 13.0 Å². The molecule has 0 aliphatic heterocycles. The van der Waals surface area contributed by atoms with E-state index in [1.54, 1.807) is 10.6 Å². The number of aryl methyl sites for hydroxylation is 1. The fraction of sp³-hybridized carbons (Fsp3) is 0.571. The first-order chi connectivity index (χ1) is 13.4. The molecule has 148 valence electrons. The molecule has 6 atom stereocenters. The van der Waals surface area contributed by atoms with Crippen LogP contribution < -0.4 is 0 Å². The number of rotatable bonds is 2. The number of benzene rings is 1. The molecule has 2 aromatic rings. The number of aromatic hydroxyl groups is 1. The average Bonchev–Trinajstić information content (AvgIpc) is 3.25. The molecule has 28 heavy (non-hydrogen) atoms. The van der Waals surface area contributed by atoms with Gasteiger partial charge >= 0.3 is 5.82 Å². The van der Waals surface area contributed by atoms with Crippen LogP contribution in [0.25, 0.3) is 0 Å². The Morgan fingerprint density at radius 3 is 2.93 bits per heavy atom. The van der Waals surface area contributed by atoms with Crippen LogP contribution in [-0.4, -0.2) is 30.8 Å². The lowest BCUT2D eigenvalue weighted by Crippen LogP contribution is -2.44. The van der Waals surface area contributed by atoms with E-state index in [0.29, 0.717) is 23.5 Å². The van der Waals surface area contributed by atoms with Crippen LogP contribution in [0.3, 0.4) is 0 Å². The largest absolute Gasteiger partial charge is 0.508 e. The molecule has 0 spiro atoms. The highest BCUT2D eigenvalue weighted by atomic mass is 16.6. The van der Waals surface area contributed by atoms with Crippen molar-refractivity contribution in [2.24, 2.45) is 17.3 Å². The molecular formula is C21H25N3O4. The number of phenols is 1. The van der Waals surface area contributed by atoms with Gasteiger partial charge in [0.1, 0.15) is 11.9 Å². The third-order valence-corrected chi connectivity index (χ3v) is 7.84. The molecule has 3 aliphatic carbocycles. The molecule has 2 saturated carbocycles. The summed E-state index contributed by atoms with van der Waals surface area (Å²) >= 11 is 0. The lowest BCUT2D eigenvalue weighted by Gasteiger charge is -2.50. The lowest BCUT2D eigenvalue weighted by atomic mass is 9.55. The number of nitrogens with zero attached hydrogens (tertiary/aromatic N) is 3. The van der Waals surface area contributed by atoms with Crippen LogP contribution >= 0.6 is 0 Å². The number of phenolic OH excluding ortho intramolecular Hbond substituents is 1. The minimum atomic E-state index is -0.534. The summed E-state index contributed by atoms with van der Waals surface area (Å²) in [4.78, 5) is 14.4. The van der Waals surface area contributed by atoms with Gasteiger partial charge in [0.2, 0.25) is 6.33 Å². The Morgan fingerprint density at radius 2 is 2.18 bits per heavy atom. The van der Waals surface area contributed by atoms with Gasteiger partial charge in [0.05, 0.1) is 12.1 Å². The van der Waals surface area contributed by atoms with Crippen molar-refractivity contribution in [2.75, 3.05) is 0 Å². The standard InChI is InChI=1S/C21H25N3O4/c1-21-7-6-15-14-5-3-13(25)8-12(14)2-4-16(15)17(21)9-18(20(21)26)23-10-19(22-11-23)24(27)28/h3,5,8,10-11,15-18,20,25-26H,2,4,6-7,9H2,1H3/t15-,16-,17+,18+,20-,21+/m1/s1. The minimum Gasteiger partial charge on any atom is -0.508 e. The van der Waals surface area contributed by atoms with Crippen LogP contribution in [0.2, 0.25) is 0 Å². The summed E-state index contributed by atoms with van der Waals surface area (Å²) in [5.41, 5.74) is 2.43. The molecule has 1 heterocycles. The van der Waals surface area contributed by atoms with Gasteiger partial charge in [-0.2, -0.15) is 0 Å². The topological polar surface area (TPSA) is 101 Å². The SMILES string of the molecule is C[C@]12CC[C@@H]3c4ccc(O)cc4CC[C@H]3[C@@H]1C[C@H](n1cnc([N+](=O)[O-])c1)[C@H]2O. The van der Waals surface area contributed by atoms with Gasteiger partial charge in [0.15, 0.2) is 0 Å². The Labute approximate surface area is 163 Å². The third-order valence-electron chi connectivity index (χ3n) is 7.84. The van der Waals surface area contributed by atoms with E-state index in [9.17, 15) is 20.3 Å². The Kier molecular flexibility index (Phi) is 3.81. The van der Waals surface area contributed by atoms with Crippen LogP contribution in [0.15, 0.2) is 30.7 Å². The number of fused-ring (bicyclic) bond motifs is 5. The molecule has 2 fully saturated rings. The smallest absolute Gasteiger partial charge is 0.381 e. The second kappa shape index (κ2) is 6.04. The van der Waals surface area contributed by atoms with Crippen LogP contribution in [0.5, 0.6) is 5.75 Å². The molecule has 1 aromatic carbocycles. The second-order valence-electron chi connectivity index (χ2n) is 9.03. The number of imidazole rings is 1. The Bertz CT molecular complexity index is 941. The molecule has 7 heteroatoms. The average molecular weight is 383 g/mol. The van der Waals surface area contributed by atoms with E-state index >= 15 is 0 Å². The van der Waals surface area contributed by atoms with Gasteiger partial charge in [0, 0.05) is 0 Å². The predicted octanol–water partition coefficient (Wildman–Crippen LogP) is 3.57. The van der Waals surface area contributed by atoms with Gasteiger partial charge in [-0.15, -0.1) is 0 Å². The van der Waals surface area contributed by atoms with Gasteiger partial charge < -0.3 is 24.9 Å². The van der Waals surface area contributed by atoms with E-state index in [-0.39, 0.29) is 17.3 Å². The summed E-state index contributed by atoms with van der Waals surface area (Å²) in [6, 6.07) is 5.59. The van der Waals surface area contributed by atoms with Crippen molar-refractivity contribution in [1.29, 1.82) is 0 Å². The first kappa shape index (κ1) is 17.7. The van der Waals surface area contributed by atoms with E-state index in [0.717, 1.165) is 32.1 Å². The van der Waals surface area contributed by atoms with Crippen molar-refractivity contribution < 1.29 is 15.1 Å². The first-order valence-corrected chi connectivity index (χ1v) is 10.1. The van der Waals surface area contributed by atoms with E-state index in [1.807, 2.05) is 6.07 Å². The molecule has 5 rings (SSSR count). The minimum absolute atomic E-state index is 0.170. The molecule has 0 amide bonds. The van der Waals surface area contributed by atoms with Crippen LogP contribution in [0.4, 0.5) is 5.82 Å². The molecule has 7 nitrogen and oxygen atoms in total. The van der Waals surface area contributed by atoms with E-state index in [1.165, 1.54) is 23.7 Å². The van der Waals surface area contributed by atoms with Crippen LogP contribution in [0.1, 0.15) is 55.7 Å². The predicted molar refractivity (Wildman–Crippen MR) is 102 cm³/mol. The van der Waals surface area contributed by atoms with Crippen LogP contribution in [-0.2, 0) is 6.42 Å². The van der Waals surface area contributed by atoms with E-state index < -0.39 is 11.0 Å². The van der Waals surface area contributed by atoms with Crippen molar-refractivity contribution in [3.05, 3.63) is 52.0 Å². The maximum absolute atomic E-state index is 11.2. The van der Waals surface area contributed by atoms with Gasteiger partial charge in [-0.05, 0) is 88.4 Å². The molecule has 0 unspecified atom stereocenters. The quantitative estimate of drug-likeness (QED) is 0.610. The molecule has 0 saturated heterocycles. The Balaban J connectivity index is 1.47. The van der Waals surface area contributed by atoms with Crippen LogP contribution in [0, 0.1) is 27.4 Å². The number of nitro groups is 1. The number of hydrogen-bond acceptors (Lipinski definition) is 5. The highest BCUT2D eigenvalue weighted by Crippen LogP contribution is 2.63. The zero-order chi connectivity index (χ0) is 19.6. The molecule has 3 aliphatic rings. The van der Waals surface area contributed by atoms with Gasteiger partial charge in [-0.25, -0.2) is 0 Å². The summed E-state index contributed by atoms with van der Waals surface area (Å²) < 4.78 is 1.75. The highest BCUT2D eigenvalue weighted by molar-refractivity contribution is 5.40. The fourth-order valence-corrected chi connectivity index (χ4v) is 6.44. The van der Waals surface area contributed by atoms with Crippen molar-refractivity contribution in [2.45, 2.75) is 57.1 Å². The van der Waals surface area contributed by atoms with E-state index in [4.69, 9.17) is 0 Å². The molecule has 2 N–H and O–H groups in total. The zero-order valence-corrected chi connectivity index (χ0v) is 15.9.